The molecule has 1 atom stereocenters. The summed E-state index contributed by atoms with van der Waals surface area (Å²) < 4.78 is 5.00. The number of carbonyl (C=O) groups excluding carboxylic acids is 1. The molecule has 1 unspecified atom stereocenters. The van der Waals surface area contributed by atoms with E-state index in [1.54, 1.807) is 6.92 Å². The number of nitrogens with one attached hydrogen (secondary N) is 1. The summed E-state index contributed by atoms with van der Waals surface area (Å²) >= 11 is 0. The van der Waals surface area contributed by atoms with Crippen LogP contribution in [0.25, 0.3) is 0 Å². The monoisotopic (exact) mass is 308 g/mol. The van der Waals surface area contributed by atoms with Crippen LogP contribution in [0.2, 0.25) is 0 Å². The van der Waals surface area contributed by atoms with Crippen molar-refractivity contribution in [3.63, 3.8) is 0 Å². The van der Waals surface area contributed by atoms with E-state index in [0.717, 1.165) is 6.07 Å². The molecule has 0 fully saturated rings. The summed E-state index contributed by atoms with van der Waals surface area (Å²) in [5.41, 5.74) is 0.209. The first-order valence-electron chi connectivity index (χ1n) is 6.34. The first-order valence-corrected chi connectivity index (χ1v) is 6.34. The molecule has 2 N–H and O–H groups in total. The molecular formula is C14H16N2O6. The van der Waals surface area contributed by atoms with E-state index in [1.165, 1.54) is 18.2 Å². The highest BCUT2D eigenvalue weighted by Gasteiger charge is 2.22. The fraction of sp³-hybridized carbons (Fsp3) is 0.286. The Morgan fingerprint density at radius 2 is 2.23 bits per heavy atom. The van der Waals surface area contributed by atoms with Crippen molar-refractivity contribution in [2.75, 3.05) is 13.2 Å². The second kappa shape index (κ2) is 7.89. The van der Waals surface area contributed by atoms with E-state index in [-0.39, 0.29) is 24.5 Å². The minimum atomic E-state index is -1.26. The number of carbonyl (C=O) groups is 2. The number of benzene rings is 1. The van der Waals surface area contributed by atoms with Gasteiger partial charge in [0.25, 0.3) is 11.6 Å². The van der Waals surface area contributed by atoms with Gasteiger partial charge in [0.1, 0.15) is 0 Å². The zero-order valence-electron chi connectivity index (χ0n) is 11.9. The van der Waals surface area contributed by atoms with Crippen LogP contribution in [0.15, 0.2) is 30.9 Å². The van der Waals surface area contributed by atoms with Crippen LogP contribution in [0, 0.1) is 17.0 Å². The lowest BCUT2D eigenvalue weighted by Gasteiger charge is -2.14. The summed E-state index contributed by atoms with van der Waals surface area (Å²) in [7, 11) is 0. The maximum absolute atomic E-state index is 12.0. The number of aryl methyl sites for hydroxylation is 1. The van der Waals surface area contributed by atoms with E-state index in [2.05, 4.69) is 11.9 Å². The largest absolute Gasteiger partial charge is 0.480 e. The zero-order valence-corrected chi connectivity index (χ0v) is 11.9. The highest BCUT2D eigenvalue weighted by Crippen LogP contribution is 2.19. The van der Waals surface area contributed by atoms with E-state index in [0.29, 0.717) is 5.56 Å². The van der Waals surface area contributed by atoms with Gasteiger partial charge < -0.3 is 15.2 Å². The van der Waals surface area contributed by atoms with Crippen LogP contribution in [0.3, 0.4) is 0 Å². The number of nitro benzene ring substituents is 1. The summed E-state index contributed by atoms with van der Waals surface area (Å²) in [5.74, 6) is -1.99. The molecule has 0 aromatic heterocycles. The van der Waals surface area contributed by atoms with Crippen molar-refractivity contribution in [3.05, 3.63) is 52.1 Å². The number of ether oxygens (including phenoxy) is 1. The lowest BCUT2D eigenvalue weighted by Crippen LogP contribution is -2.44. The molecule has 8 nitrogen and oxygen atoms in total. The molecular weight excluding hydrogens is 292 g/mol. The maximum Gasteiger partial charge on any atom is 0.328 e. The third-order valence-electron chi connectivity index (χ3n) is 2.79. The SMILES string of the molecule is C=CCOCC(NC(=O)c1ccc(C)c([N+](=O)[O-])c1)C(=O)O. The van der Waals surface area contributed by atoms with Gasteiger partial charge >= 0.3 is 5.97 Å². The van der Waals surface area contributed by atoms with Crippen molar-refractivity contribution in [1.29, 1.82) is 0 Å². The molecule has 0 saturated heterocycles. The molecule has 1 aromatic rings. The second-order valence-corrected chi connectivity index (χ2v) is 4.45. The Morgan fingerprint density at radius 1 is 1.55 bits per heavy atom. The molecule has 0 radical (unpaired) electrons. The molecule has 22 heavy (non-hydrogen) atoms. The van der Waals surface area contributed by atoms with Crippen molar-refractivity contribution >= 4 is 17.6 Å². The van der Waals surface area contributed by atoms with Crippen LogP contribution >= 0.6 is 0 Å². The van der Waals surface area contributed by atoms with Crippen LogP contribution in [0.4, 0.5) is 5.69 Å². The van der Waals surface area contributed by atoms with E-state index >= 15 is 0 Å². The lowest BCUT2D eigenvalue weighted by atomic mass is 10.1. The summed E-state index contributed by atoms with van der Waals surface area (Å²) in [6.45, 7) is 4.88. The van der Waals surface area contributed by atoms with Crippen LogP contribution in [-0.2, 0) is 9.53 Å². The van der Waals surface area contributed by atoms with Gasteiger partial charge in [-0.15, -0.1) is 6.58 Å². The fourth-order valence-corrected chi connectivity index (χ4v) is 1.63. The molecule has 0 bridgehead atoms. The molecule has 0 heterocycles. The van der Waals surface area contributed by atoms with Crippen LogP contribution in [-0.4, -0.2) is 41.2 Å². The minimum absolute atomic E-state index is 0.00673. The number of nitrogens with zero attached hydrogens (tertiary/aromatic N) is 1. The molecule has 1 aromatic carbocycles. The Bertz CT molecular complexity index is 599. The van der Waals surface area contributed by atoms with Crippen LogP contribution < -0.4 is 5.32 Å². The normalized spacial score (nSPS) is 11.5. The van der Waals surface area contributed by atoms with E-state index in [9.17, 15) is 19.7 Å². The van der Waals surface area contributed by atoms with Gasteiger partial charge in [-0.1, -0.05) is 12.1 Å². The first-order chi connectivity index (χ1) is 10.4. The number of amides is 1. The highest BCUT2D eigenvalue weighted by atomic mass is 16.6. The van der Waals surface area contributed by atoms with Crippen molar-refractivity contribution in [2.45, 2.75) is 13.0 Å². The molecule has 0 aliphatic heterocycles. The van der Waals surface area contributed by atoms with Gasteiger partial charge in [-0.3, -0.25) is 14.9 Å². The topological polar surface area (TPSA) is 119 Å². The number of hydrogen-bond acceptors (Lipinski definition) is 5. The smallest absolute Gasteiger partial charge is 0.328 e. The zero-order chi connectivity index (χ0) is 16.7. The number of nitro groups is 1. The summed E-state index contributed by atoms with van der Waals surface area (Å²) in [6, 6.07) is 2.67. The maximum atomic E-state index is 12.0. The molecule has 0 aliphatic carbocycles. The Morgan fingerprint density at radius 3 is 2.77 bits per heavy atom. The molecule has 0 spiro atoms. The van der Waals surface area contributed by atoms with Crippen molar-refractivity contribution < 1.29 is 24.4 Å². The van der Waals surface area contributed by atoms with Crippen molar-refractivity contribution in [3.8, 4) is 0 Å². The Hall–Kier alpha value is -2.74. The predicted octanol–water partition coefficient (Wildman–Crippen LogP) is 1.29. The number of carboxylic acids is 1. The van der Waals surface area contributed by atoms with Crippen molar-refractivity contribution in [1.82, 2.24) is 5.32 Å². The summed E-state index contributed by atoms with van der Waals surface area (Å²) in [5, 5.41) is 22.1. The molecule has 8 heteroatoms. The van der Waals surface area contributed by atoms with E-state index in [4.69, 9.17) is 9.84 Å². The minimum Gasteiger partial charge on any atom is -0.480 e. The Labute approximate surface area is 126 Å². The number of aliphatic carboxylic acids is 1. The van der Waals surface area contributed by atoms with E-state index < -0.39 is 22.8 Å². The van der Waals surface area contributed by atoms with E-state index in [1.807, 2.05) is 0 Å². The van der Waals surface area contributed by atoms with Gasteiger partial charge in [0, 0.05) is 17.2 Å². The molecule has 118 valence electrons. The standard InChI is InChI=1S/C14H16N2O6/c1-3-6-22-8-11(14(18)19)15-13(17)10-5-4-9(2)12(7-10)16(20)21/h3-5,7,11H,1,6,8H2,2H3,(H,15,17)(H,18,19). The highest BCUT2D eigenvalue weighted by molar-refractivity contribution is 5.97. The third kappa shape index (κ3) is 4.67. The molecule has 0 aliphatic rings. The average Bonchev–Trinajstić information content (AvgIpc) is 2.46. The third-order valence-corrected chi connectivity index (χ3v) is 2.79. The van der Waals surface area contributed by atoms with Gasteiger partial charge in [0.05, 0.1) is 18.1 Å². The molecule has 1 amide bonds. The van der Waals surface area contributed by atoms with Gasteiger partial charge in [0.2, 0.25) is 0 Å². The van der Waals surface area contributed by atoms with Crippen molar-refractivity contribution in [2.24, 2.45) is 0 Å². The van der Waals surface area contributed by atoms with Gasteiger partial charge in [-0.05, 0) is 13.0 Å². The fourth-order valence-electron chi connectivity index (χ4n) is 1.63. The number of rotatable bonds is 8. The van der Waals surface area contributed by atoms with Gasteiger partial charge in [0.15, 0.2) is 6.04 Å². The molecule has 1 rings (SSSR count). The second-order valence-electron chi connectivity index (χ2n) is 4.45. The van der Waals surface area contributed by atoms with Crippen LogP contribution in [0.1, 0.15) is 15.9 Å². The lowest BCUT2D eigenvalue weighted by molar-refractivity contribution is -0.385. The van der Waals surface area contributed by atoms with Gasteiger partial charge in [-0.2, -0.15) is 0 Å². The predicted molar refractivity (Wildman–Crippen MR) is 77.7 cm³/mol. The number of carboxylic acid groups (broad SMARTS) is 1. The summed E-state index contributed by atoms with van der Waals surface area (Å²) in [6.07, 6.45) is 1.45. The number of hydrogen-bond donors (Lipinski definition) is 2. The average molecular weight is 308 g/mol. The first kappa shape index (κ1) is 17.3. The molecule has 0 saturated carbocycles. The Kier molecular flexibility index (Phi) is 6.21. The van der Waals surface area contributed by atoms with Crippen LogP contribution in [0.5, 0.6) is 0 Å². The summed E-state index contributed by atoms with van der Waals surface area (Å²) in [4.78, 5) is 33.3. The Balaban J connectivity index is 2.85. The quantitative estimate of drug-likeness (QED) is 0.323. The van der Waals surface area contributed by atoms with Gasteiger partial charge in [-0.25, -0.2) is 4.79 Å².